The zero-order valence-corrected chi connectivity index (χ0v) is 20.1. The molecule has 1 unspecified atom stereocenters. The van der Waals surface area contributed by atoms with Gasteiger partial charge in [-0.3, -0.25) is 4.79 Å². The lowest BCUT2D eigenvalue weighted by molar-refractivity contribution is 0.00862. The Kier molecular flexibility index (Phi) is 7.20. The first-order valence-corrected chi connectivity index (χ1v) is 11.6. The molecule has 0 bridgehead atoms. The smallest absolute Gasteiger partial charge is 0.257 e. The van der Waals surface area contributed by atoms with Crippen LogP contribution in [-0.2, 0) is 0 Å². The minimum absolute atomic E-state index is 0.181. The largest absolute Gasteiger partial charge is 0.493 e. The molecule has 2 aromatic carbocycles. The van der Waals surface area contributed by atoms with E-state index in [1.807, 2.05) is 37.3 Å². The van der Waals surface area contributed by atoms with Gasteiger partial charge in [0.1, 0.15) is 11.5 Å². The number of rotatable bonds is 8. The Hall–Kier alpha value is -3.35. The van der Waals surface area contributed by atoms with E-state index >= 15 is 0 Å². The highest BCUT2D eigenvalue weighted by Gasteiger charge is 2.37. The number of carbonyl (C=O) groups is 1. The second-order valence-electron chi connectivity index (χ2n) is 8.60. The second kappa shape index (κ2) is 10.3. The van der Waals surface area contributed by atoms with E-state index in [1.54, 1.807) is 42.6 Å². The van der Waals surface area contributed by atoms with E-state index in [0.717, 1.165) is 5.56 Å². The van der Waals surface area contributed by atoms with Gasteiger partial charge < -0.3 is 19.5 Å². The minimum Gasteiger partial charge on any atom is -0.493 e. The predicted molar refractivity (Wildman–Crippen MR) is 132 cm³/mol. The molecule has 4 rings (SSSR count). The molecule has 0 saturated carbocycles. The van der Waals surface area contributed by atoms with Crippen molar-refractivity contribution in [1.82, 2.24) is 9.88 Å². The van der Waals surface area contributed by atoms with Crippen LogP contribution in [0.4, 0.5) is 0 Å². The first-order valence-electron chi connectivity index (χ1n) is 11.2. The molecule has 0 spiro atoms. The van der Waals surface area contributed by atoms with Gasteiger partial charge in [-0.25, -0.2) is 4.98 Å². The van der Waals surface area contributed by atoms with Crippen LogP contribution in [0.1, 0.15) is 48.5 Å². The van der Waals surface area contributed by atoms with E-state index in [9.17, 15) is 9.90 Å². The van der Waals surface area contributed by atoms with Gasteiger partial charge in [-0.05, 0) is 42.7 Å². The summed E-state index contributed by atoms with van der Waals surface area (Å²) in [6, 6.07) is 15.7. The summed E-state index contributed by atoms with van der Waals surface area (Å²) >= 11 is 6.33. The van der Waals surface area contributed by atoms with Crippen molar-refractivity contribution in [3.05, 3.63) is 88.6 Å². The Labute approximate surface area is 204 Å². The van der Waals surface area contributed by atoms with E-state index in [4.69, 9.17) is 21.1 Å². The average Bonchev–Trinajstić information content (AvgIpc) is 3.09. The van der Waals surface area contributed by atoms with Gasteiger partial charge >= 0.3 is 0 Å². The molecule has 1 N–H and O–H groups in total. The molecule has 2 heterocycles. The van der Waals surface area contributed by atoms with Crippen LogP contribution < -0.4 is 9.47 Å². The Morgan fingerprint density at radius 2 is 1.94 bits per heavy atom. The van der Waals surface area contributed by atoms with Crippen molar-refractivity contribution >= 4 is 23.6 Å². The lowest BCUT2D eigenvalue weighted by atomic mass is 10.1. The molecule has 0 radical (unpaired) electrons. The molecule has 1 aromatic heterocycles. The van der Waals surface area contributed by atoms with Gasteiger partial charge in [0.25, 0.3) is 5.91 Å². The maximum atomic E-state index is 12.7. The summed E-state index contributed by atoms with van der Waals surface area (Å²) in [6.45, 7) is 6.64. The zero-order chi connectivity index (χ0) is 24.2. The standard InChI is InChI=1S/C27H27ClN2O4/c1-17(2)16-33-20-11-12-24(23(28)14-20)34-25-13-10-19(15-29-25)9-8-18(3)30-26(31)21-6-4-5-7-22(21)27(30)32/h4-15,17-18,26,31H,16H2,1-3H3/b9-8+/t18-,26?/m0/s1. The van der Waals surface area contributed by atoms with Crippen LogP contribution in [0.3, 0.4) is 0 Å². The first-order chi connectivity index (χ1) is 16.3. The van der Waals surface area contributed by atoms with Crippen LogP contribution in [0.15, 0.2) is 66.9 Å². The van der Waals surface area contributed by atoms with Crippen molar-refractivity contribution < 1.29 is 19.4 Å². The minimum atomic E-state index is -0.954. The third-order valence-corrected chi connectivity index (χ3v) is 5.73. The van der Waals surface area contributed by atoms with E-state index in [2.05, 4.69) is 18.8 Å². The van der Waals surface area contributed by atoms with E-state index in [0.29, 0.717) is 46.1 Å². The highest BCUT2D eigenvalue weighted by Crippen LogP contribution is 2.34. The number of carbonyl (C=O) groups excluding carboxylic acids is 1. The first kappa shape index (κ1) is 23.8. The van der Waals surface area contributed by atoms with Gasteiger partial charge in [-0.1, -0.05) is 55.8 Å². The van der Waals surface area contributed by atoms with Crippen molar-refractivity contribution in [3.63, 3.8) is 0 Å². The SMILES string of the molecule is CC(C)COc1ccc(Oc2ccc(/C=C/[C@H](C)N3C(=O)c4ccccc4C3O)cn2)c(Cl)c1. The highest BCUT2D eigenvalue weighted by atomic mass is 35.5. The predicted octanol–water partition coefficient (Wildman–Crippen LogP) is 6.11. The van der Waals surface area contributed by atoms with Crippen LogP contribution in [0.2, 0.25) is 5.02 Å². The molecule has 0 aliphatic carbocycles. The van der Waals surface area contributed by atoms with Crippen LogP contribution in [0.25, 0.3) is 6.08 Å². The molecule has 1 aliphatic heterocycles. The topological polar surface area (TPSA) is 71.9 Å². The van der Waals surface area contributed by atoms with Crippen LogP contribution in [0, 0.1) is 5.92 Å². The average molecular weight is 479 g/mol. The molecule has 0 saturated heterocycles. The summed E-state index contributed by atoms with van der Waals surface area (Å²) in [5, 5.41) is 11.0. The van der Waals surface area contributed by atoms with Crippen molar-refractivity contribution in [2.24, 2.45) is 5.92 Å². The number of pyridine rings is 1. The summed E-state index contributed by atoms with van der Waals surface area (Å²) in [7, 11) is 0. The van der Waals surface area contributed by atoms with Gasteiger partial charge in [0.05, 0.1) is 17.7 Å². The number of benzene rings is 2. The molecule has 7 heteroatoms. The molecule has 1 aliphatic rings. The van der Waals surface area contributed by atoms with Crippen molar-refractivity contribution in [2.75, 3.05) is 6.61 Å². The Balaban J connectivity index is 1.38. The van der Waals surface area contributed by atoms with Gasteiger partial charge in [0.2, 0.25) is 5.88 Å². The number of aliphatic hydroxyl groups is 1. The van der Waals surface area contributed by atoms with Gasteiger partial charge in [0.15, 0.2) is 6.23 Å². The maximum absolute atomic E-state index is 12.7. The monoisotopic (exact) mass is 478 g/mol. The van der Waals surface area contributed by atoms with Crippen LogP contribution in [-0.4, -0.2) is 33.5 Å². The summed E-state index contributed by atoms with van der Waals surface area (Å²) in [6.07, 6.45) is 4.43. The third kappa shape index (κ3) is 5.24. The molecule has 34 heavy (non-hydrogen) atoms. The normalized spacial score (nSPS) is 16.2. The van der Waals surface area contributed by atoms with Crippen molar-refractivity contribution in [3.8, 4) is 17.4 Å². The van der Waals surface area contributed by atoms with Crippen LogP contribution in [0.5, 0.6) is 17.4 Å². The number of halogens is 1. The van der Waals surface area contributed by atoms with Crippen LogP contribution >= 0.6 is 11.6 Å². The van der Waals surface area contributed by atoms with E-state index in [1.165, 1.54) is 4.90 Å². The second-order valence-corrected chi connectivity index (χ2v) is 9.01. The van der Waals surface area contributed by atoms with E-state index < -0.39 is 6.23 Å². The number of hydrogen-bond acceptors (Lipinski definition) is 5. The highest BCUT2D eigenvalue weighted by molar-refractivity contribution is 6.32. The summed E-state index contributed by atoms with van der Waals surface area (Å²) in [4.78, 5) is 18.5. The lowest BCUT2D eigenvalue weighted by Crippen LogP contribution is -2.35. The molecule has 0 fully saturated rings. The fourth-order valence-electron chi connectivity index (χ4n) is 3.65. The van der Waals surface area contributed by atoms with Gasteiger partial charge in [0, 0.05) is 29.5 Å². The number of hydrogen-bond donors (Lipinski definition) is 1. The lowest BCUT2D eigenvalue weighted by Gasteiger charge is -2.25. The summed E-state index contributed by atoms with van der Waals surface area (Å²) < 4.78 is 11.5. The number of ether oxygens (including phenoxy) is 2. The number of amides is 1. The Bertz CT molecular complexity index is 1190. The molecule has 176 valence electrons. The maximum Gasteiger partial charge on any atom is 0.257 e. The van der Waals surface area contributed by atoms with E-state index in [-0.39, 0.29) is 11.9 Å². The summed E-state index contributed by atoms with van der Waals surface area (Å²) in [5.41, 5.74) is 2.01. The molecule has 2 atom stereocenters. The van der Waals surface area contributed by atoms with Gasteiger partial charge in [-0.2, -0.15) is 0 Å². The molecular formula is C27H27ClN2O4. The molecule has 3 aromatic rings. The summed E-state index contributed by atoms with van der Waals surface area (Å²) in [5.74, 6) is 1.83. The number of aliphatic hydroxyl groups excluding tert-OH is 1. The number of nitrogens with zero attached hydrogens (tertiary/aromatic N) is 2. The fourth-order valence-corrected chi connectivity index (χ4v) is 3.86. The molecular weight excluding hydrogens is 452 g/mol. The van der Waals surface area contributed by atoms with Gasteiger partial charge in [-0.15, -0.1) is 0 Å². The Morgan fingerprint density at radius 1 is 1.15 bits per heavy atom. The number of fused-ring (bicyclic) bond motifs is 1. The molecule has 1 amide bonds. The Morgan fingerprint density at radius 3 is 2.62 bits per heavy atom. The van der Waals surface area contributed by atoms with Crippen molar-refractivity contribution in [2.45, 2.75) is 33.0 Å². The molecule has 6 nitrogen and oxygen atoms in total. The zero-order valence-electron chi connectivity index (χ0n) is 19.3. The van der Waals surface area contributed by atoms with Crippen molar-refractivity contribution in [1.29, 1.82) is 0 Å². The third-order valence-electron chi connectivity index (χ3n) is 5.43. The quantitative estimate of drug-likeness (QED) is 0.423. The number of aromatic nitrogens is 1. The fraction of sp³-hybridized carbons (Fsp3) is 0.259.